The van der Waals surface area contributed by atoms with Gasteiger partial charge in [-0.2, -0.15) is 0 Å². The molecule has 0 spiro atoms. The lowest BCUT2D eigenvalue weighted by Gasteiger charge is -2.18. The molecule has 1 aromatic carbocycles. The van der Waals surface area contributed by atoms with E-state index in [0.29, 0.717) is 37.6 Å². The van der Waals surface area contributed by atoms with Gasteiger partial charge in [0.15, 0.2) is 5.96 Å². The Bertz CT molecular complexity index is 724. The van der Waals surface area contributed by atoms with Gasteiger partial charge < -0.3 is 15.4 Å². The van der Waals surface area contributed by atoms with E-state index >= 15 is 0 Å². The van der Waals surface area contributed by atoms with Crippen LogP contribution < -0.4 is 15.4 Å². The minimum absolute atomic E-state index is 0.0797. The van der Waals surface area contributed by atoms with Gasteiger partial charge in [0.25, 0.3) is 0 Å². The van der Waals surface area contributed by atoms with E-state index in [1.54, 1.807) is 13.0 Å². The minimum Gasteiger partial charge on any atom is -0.405 e. The zero-order valence-electron chi connectivity index (χ0n) is 15.5. The molecule has 154 valence electrons. The van der Waals surface area contributed by atoms with Crippen LogP contribution in [0.4, 0.5) is 13.2 Å². The molecule has 0 amide bonds. The van der Waals surface area contributed by atoms with Gasteiger partial charge in [0.1, 0.15) is 5.75 Å². The second-order valence-electron chi connectivity index (χ2n) is 5.62. The number of hydrogen-bond acceptors (Lipinski definition) is 4. The highest BCUT2D eigenvalue weighted by molar-refractivity contribution is 7.88. The average Bonchev–Trinajstić information content (AvgIpc) is 2.56. The lowest BCUT2D eigenvalue weighted by atomic mass is 10.2. The molecule has 1 aromatic rings. The molecule has 1 rings (SSSR count). The number of ether oxygens (including phenoxy) is 1. The Balaban J connectivity index is 2.52. The molecule has 0 atom stereocenters. The molecule has 0 aliphatic carbocycles. The van der Waals surface area contributed by atoms with E-state index < -0.39 is 16.4 Å². The summed E-state index contributed by atoms with van der Waals surface area (Å²) < 4.78 is 65.7. The molecule has 0 aliphatic rings. The number of halogens is 3. The number of benzene rings is 1. The summed E-state index contributed by atoms with van der Waals surface area (Å²) in [7, 11) is -1.70. The summed E-state index contributed by atoms with van der Waals surface area (Å²) in [5, 5.41) is 5.90. The van der Waals surface area contributed by atoms with Crippen molar-refractivity contribution in [2.75, 3.05) is 32.9 Å². The second-order valence-corrected chi connectivity index (χ2v) is 7.60. The van der Waals surface area contributed by atoms with E-state index in [4.69, 9.17) is 0 Å². The first-order valence-corrected chi connectivity index (χ1v) is 10.1. The van der Waals surface area contributed by atoms with Crippen LogP contribution in [0.25, 0.3) is 0 Å². The SMILES string of the molecule is CCN(CCCNC(=NC)NCc1ccccc1OC(F)(F)F)S(C)(=O)=O. The van der Waals surface area contributed by atoms with Gasteiger partial charge in [-0.1, -0.05) is 25.1 Å². The molecule has 11 heteroatoms. The fourth-order valence-electron chi connectivity index (χ4n) is 2.29. The third-order valence-electron chi connectivity index (χ3n) is 3.57. The molecule has 0 unspecified atom stereocenters. The highest BCUT2D eigenvalue weighted by Crippen LogP contribution is 2.25. The average molecular weight is 410 g/mol. The highest BCUT2D eigenvalue weighted by atomic mass is 32.2. The van der Waals surface area contributed by atoms with E-state index in [9.17, 15) is 21.6 Å². The van der Waals surface area contributed by atoms with Gasteiger partial charge >= 0.3 is 6.36 Å². The molecule has 0 heterocycles. The van der Waals surface area contributed by atoms with E-state index in [0.717, 1.165) is 6.26 Å². The normalized spacial score (nSPS) is 12.9. The number of rotatable bonds is 9. The van der Waals surface area contributed by atoms with Gasteiger partial charge in [0.05, 0.1) is 6.26 Å². The Morgan fingerprint density at radius 3 is 2.48 bits per heavy atom. The van der Waals surface area contributed by atoms with Crippen molar-refractivity contribution in [1.29, 1.82) is 0 Å². The van der Waals surface area contributed by atoms with Crippen molar-refractivity contribution in [2.24, 2.45) is 4.99 Å². The number of para-hydroxylation sites is 1. The van der Waals surface area contributed by atoms with Gasteiger partial charge in [-0.05, 0) is 12.5 Å². The molecule has 0 fully saturated rings. The summed E-state index contributed by atoms with van der Waals surface area (Å²) in [6.07, 6.45) is -3.05. The smallest absolute Gasteiger partial charge is 0.405 e. The monoisotopic (exact) mass is 410 g/mol. The number of guanidine groups is 1. The Morgan fingerprint density at radius 2 is 1.93 bits per heavy atom. The highest BCUT2D eigenvalue weighted by Gasteiger charge is 2.31. The zero-order valence-corrected chi connectivity index (χ0v) is 16.3. The van der Waals surface area contributed by atoms with E-state index in [1.165, 1.54) is 29.6 Å². The maximum absolute atomic E-state index is 12.4. The predicted molar refractivity (Wildman–Crippen MR) is 98.0 cm³/mol. The van der Waals surface area contributed by atoms with Crippen molar-refractivity contribution in [3.05, 3.63) is 29.8 Å². The van der Waals surface area contributed by atoms with E-state index in [2.05, 4.69) is 20.4 Å². The largest absolute Gasteiger partial charge is 0.573 e. The number of hydrogen-bond donors (Lipinski definition) is 2. The van der Waals surface area contributed by atoms with E-state index in [-0.39, 0.29) is 12.3 Å². The molecule has 0 aromatic heterocycles. The summed E-state index contributed by atoms with van der Waals surface area (Å²) in [4.78, 5) is 3.99. The standard InChI is InChI=1S/C16H25F3N4O3S/c1-4-23(27(3,24)25)11-7-10-21-15(20-2)22-12-13-8-5-6-9-14(13)26-16(17,18)19/h5-6,8-9H,4,7,10-12H2,1-3H3,(H2,20,21,22). The van der Waals surface area contributed by atoms with Crippen LogP contribution in [0.15, 0.2) is 29.3 Å². The summed E-state index contributed by atoms with van der Waals surface area (Å²) in [6.45, 7) is 3.04. The topological polar surface area (TPSA) is 83.0 Å². The summed E-state index contributed by atoms with van der Waals surface area (Å²) in [5.41, 5.74) is 0.326. The van der Waals surface area contributed by atoms with Crippen LogP contribution in [0, 0.1) is 0 Å². The molecular weight excluding hydrogens is 385 g/mol. The second kappa shape index (κ2) is 10.4. The summed E-state index contributed by atoms with van der Waals surface area (Å²) >= 11 is 0. The molecule has 0 saturated carbocycles. The van der Waals surface area contributed by atoms with Crippen LogP contribution in [-0.2, 0) is 16.6 Å². The van der Waals surface area contributed by atoms with Crippen molar-refractivity contribution in [3.63, 3.8) is 0 Å². The summed E-state index contributed by atoms with van der Waals surface area (Å²) in [6, 6.07) is 5.83. The molecular formula is C16H25F3N4O3S. The molecule has 0 aliphatic heterocycles. The quantitative estimate of drug-likeness (QED) is 0.369. The Kier molecular flexibility index (Phi) is 8.83. The lowest BCUT2D eigenvalue weighted by Crippen LogP contribution is -2.39. The van der Waals surface area contributed by atoms with Crippen molar-refractivity contribution in [1.82, 2.24) is 14.9 Å². The third kappa shape index (κ3) is 8.96. The van der Waals surface area contributed by atoms with Crippen molar-refractivity contribution >= 4 is 16.0 Å². The first-order chi connectivity index (χ1) is 12.6. The maximum Gasteiger partial charge on any atom is 0.573 e. The number of alkyl halides is 3. The lowest BCUT2D eigenvalue weighted by molar-refractivity contribution is -0.274. The van der Waals surface area contributed by atoms with E-state index in [1.807, 2.05) is 0 Å². The molecule has 0 bridgehead atoms. The Hall–Kier alpha value is -2.01. The van der Waals surface area contributed by atoms with Crippen LogP contribution in [-0.4, -0.2) is 58.0 Å². The first kappa shape index (κ1) is 23.0. The fourth-order valence-corrected chi connectivity index (χ4v) is 3.22. The molecule has 0 radical (unpaired) electrons. The zero-order chi connectivity index (χ0) is 20.5. The Labute approximate surface area is 157 Å². The first-order valence-electron chi connectivity index (χ1n) is 8.30. The van der Waals surface area contributed by atoms with Gasteiger partial charge in [0, 0.05) is 38.8 Å². The fraction of sp³-hybridized carbons (Fsp3) is 0.562. The van der Waals surface area contributed by atoms with Crippen LogP contribution in [0.3, 0.4) is 0 Å². The van der Waals surface area contributed by atoms with Crippen LogP contribution >= 0.6 is 0 Å². The van der Waals surface area contributed by atoms with Crippen molar-refractivity contribution in [3.8, 4) is 5.75 Å². The number of nitrogens with zero attached hydrogens (tertiary/aromatic N) is 2. The number of nitrogens with one attached hydrogen (secondary N) is 2. The molecule has 7 nitrogen and oxygen atoms in total. The number of aliphatic imine (C=N–C) groups is 1. The van der Waals surface area contributed by atoms with Crippen molar-refractivity contribution < 1.29 is 26.3 Å². The number of sulfonamides is 1. The van der Waals surface area contributed by atoms with Gasteiger partial charge in [-0.25, -0.2) is 12.7 Å². The maximum atomic E-state index is 12.4. The van der Waals surface area contributed by atoms with Crippen molar-refractivity contribution in [2.45, 2.75) is 26.3 Å². The van der Waals surface area contributed by atoms with Crippen LogP contribution in [0.1, 0.15) is 18.9 Å². The van der Waals surface area contributed by atoms with Gasteiger partial charge in [-0.15, -0.1) is 13.2 Å². The van der Waals surface area contributed by atoms with Gasteiger partial charge in [-0.3, -0.25) is 4.99 Å². The van der Waals surface area contributed by atoms with Crippen LogP contribution in [0.5, 0.6) is 5.75 Å². The summed E-state index contributed by atoms with van der Waals surface area (Å²) in [5.74, 6) is 0.110. The third-order valence-corrected chi connectivity index (χ3v) is 4.95. The molecule has 27 heavy (non-hydrogen) atoms. The predicted octanol–water partition coefficient (Wildman–Crippen LogP) is 1.92. The minimum atomic E-state index is -4.76. The molecule has 2 N–H and O–H groups in total. The molecule has 0 saturated heterocycles. The van der Waals surface area contributed by atoms with Gasteiger partial charge in [0.2, 0.25) is 10.0 Å². The Morgan fingerprint density at radius 1 is 1.26 bits per heavy atom. The van der Waals surface area contributed by atoms with Crippen LogP contribution in [0.2, 0.25) is 0 Å².